The molecule has 4 saturated carbocycles. The maximum atomic E-state index is 14.3. The lowest BCUT2D eigenvalue weighted by atomic mass is 9.48. The molecule has 10 rings (SSSR count). The van der Waals surface area contributed by atoms with Crippen LogP contribution in [0.25, 0.3) is 0 Å². The van der Waals surface area contributed by atoms with Gasteiger partial charge in [0.25, 0.3) is 5.91 Å². The Labute approximate surface area is 341 Å². The largest absolute Gasteiger partial charge is 0.489 e. The third kappa shape index (κ3) is 6.05. The predicted molar refractivity (Wildman–Crippen MR) is 214 cm³/mol. The number of nitrogens with one attached hydrogen (secondary N) is 2. The van der Waals surface area contributed by atoms with E-state index < -0.39 is 11.5 Å². The number of hydrogen-bond acceptors (Lipinski definition) is 8. The lowest BCUT2D eigenvalue weighted by Gasteiger charge is -2.64. The highest BCUT2D eigenvalue weighted by molar-refractivity contribution is 6.05. The zero-order valence-electron chi connectivity index (χ0n) is 34.5. The summed E-state index contributed by atoms with van der Waals surface area (Å²) in [4.78, 5) is 72.3. The second kappa shape index (κ2) is 13.7. The van der Waals surface area contributed by atoms with Gasteiger partial charge in [0.15, 0.2) is 0 Å². The Morgan fingerprint density at radius 1 is 0.845 bits per heavy atom. The molecule has 12 nitrogen and oxygen atoms in total. The Kier molecular flexibility index (Phi) is 9.12. The molecule has 306 valence electrons. The standard InChI is InChI=1S/C46H56N6O6/c1-27-20-33(7-6-28(27)23-47)58-40-43(2,3)39(44(40,4)5)49-41(56)45-12-15-46(16-13-45,17-14-45)42(57)50-18-10-32(11-19-50)51-24-29-21-31-26-52(35-8-9-36(53)48-37(35)54)38(55)34(31)22-30(29)25-51/h6-7,20-22,32,35,39-40H,8-19,24-26H2,1-5H3,(H,49,56)(H,48,53,54). The number of aryl methyl sites for hydroxylation is 1. The number of imide groups is 1. The van der Waals surface area contributed by atoms with Crippen molar-refractivity contribution in [2.45, 2.75) is 143 Å². The molecule has 5 amide bonds. The molecule has 4 aliphatic heterocycles. The highest BCUT2D eigenvalue weighted by Crippen LogP contribution is 2.60. The predicted octanol–water partition coefficient (Wildman–Crippen LogP) is 5.27. The van der Waals surface area contributed by atoms with Gasteiger partial charge in [-0.3, -0.25) is 34.2 Å². The number of hydrogen-bond donors (Lipinski definition) is 2. The van der Waals surface area contributed by atoms with E-state index in [1.165, 1.54) is 5.56 Å². The van der Waals surface area contributed by atoms with Gasteiger partial charge in [-0.05, 0) is 111 Å². The minimum atomic E-state index is -0.611. The van der Waals surface area contributed by atoms with Crippen molar-refractivity contribution in [3.05, 3.63) is 63.7 Å². The number of amides is 5. The molecule has 12 heteroatoms. The Morgan fingerprint density at radius 2 is 1.48 bits per heavy atom. The van der Waals surface area contributed by atoms with Gasteiger partial charge in [0.2, 0.25) is 23.6 Å². The van der Waals surface area contributed by atoms with E-state index in [9.17, 15) is 29.2 Å². The van der Waals surface area contributed by atoms with Crippen LogP contribution in [-0.2, 0) is 38.8 Å². The van der Waals surface area contributed by atoms with Crippen LogP contribution < -0.4 is 15.4 Å². The second-order valence-electron chi connectivity index (χ2n) is 19.8. The van der Waals surface area contributed by atoms with E-state index >= 15 is 0 Å². The van der Waals surface area contributed by atoms with Gasteiger partial charge in [-0.1, -0.05) is 33.8 Å². The first kappa shape index (κ1) is 38.7. The quantitative estimate of drug-likeness (QED) is 0.360. The molecule has 2 aromatic rings. The van der Waals surface area contributed by atoms with Crippen LogP contribution in [0.15, 0.2) is 30.3 Å². The monoisotopic (exact) mass is 788 g/mol. The number of benzene rings is 2. The Morgan fingerprint density at radius 3 is 2.10 bits per heavy atom. The van der Waals surface area contributed by atoms with Crippen LogP contribution in [0.4, 0.5) is 0 Å². The van der Waals surface area contributed by atoms with Crippen LogP contribution in [0.1, 0.15) is 130 Å². The fourth-order valence-electron chi connectivity index (χ4n) is 12.4. The van der Waals surface area contributed by atoms with Gasteiger partial charge in [-0.15, -0.1) is 0 Å². The van der Waals surface area contributed by atoms with Crippen molar-refractivity contribution in [1.29, 1.82) is 5.26 Å². The number of nitrogens with zero attached hydrogens (tertiary/aromatic N) is 4. The molecule has 0 spiro atoms. The molecule has 2 saturated heterocycles. The third-order valence-electron chi connectivity index (χ3n) is 15.7. The zero-order chi connectivity index (χ0) is 40.9. The van der Waals surface area contributed by atoms with Gasteiger partial charge < -0.3 is 19.9 Å². The topological polar surface area (TPSA) is 152 Å². The SMILES string of the molecule is Cc1cc(OC2C(C)(C)C(NC(=O)C34CCC(C(=O)N5CCC(N6Cc7cc8c(cc7C6)C(=O)N(C6CCC(=O)NC6=O)C8)CC5)(CC3)CC4)C2(C)C)ccc1C#N. The Hall–Kier alpha value is -4.76. The van der Waals surface area contributed by atoms with Crippen LogP contribution in [0.2, 0.25) is 0 Å². The van der Waals surface area contributed by atoms with Crippen molar-refractivity contribution in [1.82, 2.24) is 25.3 Å². The lowest BCUT2D eigenvalue weighted by Crippen LogP contribution is -2.75. The molecular weight excluding hydrogens is 733 g/mol. The van der Waals surface area contributed by atoms with Crippen molar-refractivity contribution in [2.75, 3.05) is 13.1 Å². The highest BCUT2D eigenvalue weighted by Gasteiger charge is 2.65. The van der Waals surface area contributed by atoms with E-state index in [1.54, 1.807) is 11.0 Å². The van der Waals surface area contributed by atoms with E-state index in [0.29, 0.717) is 30.1 Å². The Balaban J connectivity index is 0.768. The van der Waals surface area contributed by atoms with E-state index in [4.69, 9.17) is 4.74 Å². The van der Waals surface area contributed by atoms with Gasteiger partial charge >= 0.3 is 0 Å². The number of rotatable bonds is 7. The first-order valence-electron chi connectivity index (χ1n) is 21.4. The zero-order valence-corrected chi connectivity index (χ0v) is 34.5. The van der Waals surface area contributed by atoms with Gasteiger partial charge in [0.1, 0.15) is 17.9 Å². The first-order chi connectivity index (χ1) is 27.5. The molecule has 1 atom stereocenters. The summed E-state index contributed by atoms with van der Waals surface area (Å²) < 4.78 is 6.53. The fourth-order valence-corrected chi connectivity index (χ4v) is 12.4. The number of fused-ring (bicyclic) bond motifs is 5. The molecule has 4 aliphatic carbocycles. The van der Waals surface area contributed by atoms with Crippen molar-refractivity contribution in [3.63, 3.8) is 0 Å². The van der Waals surface area contributed by atoms with E-state index in [-0.39, 0.29) is 64.3 Å². The molecule has 2 aromatic carbocycles. The van der Waals surface area contributed by atoms with E-state index in [2.05, 4.69) is 60.3 Å². The minimum Gasteiger partial charge on any atom is -0.489 e. The summed E-state index contributed by atoms with van der Waals surface area (Å²) in [5.41, 5.74) is 4.10. The summed E-state index contributed by atoms with van der Waals surface area (Å²) in [5, 5.41) is 15.2. The molecule has 8 aliphatic rings. The summed E-state index contributed by atoms with van der Waals surface area (Å²) >= 11 is 0. The molecule has 0 aromatic heterocycles. The molecule has 2 bridgehead atoms. The molecule has 4 heterocycles. The average molecular weight is 789 g/mol. The second-order valence-corrected chi connectivity index (χ2v) is 19.8. The summed E-state index contributed by atoms with van der Waals surface area (Å²) in [6.45, 7) is 14.0. The molecular formula is C46H56N6O6. The first-order valence-corrected chi connectivity index (χ1v) is 21.4. The normalized spacial score (nSPS) is 31.2. The van der Waals surface area contributed by atoms with Crippen LogP contribution in [-0.4, -0.2) is 81.6 Å². The molecule has 0 radical (unpaired) electrons. The molecule has 1 unspecified atom stereocenters. The summed E-state index contributed by atoms with van der Waals surface area (Å²) in [6.07, 6.45) is 6.79. The van der Waals surface area contributed by atoms with Gasteiger partial charge in [-0.25, -0.2) is 0 Å². The highest BCUT2D eigenvalue weighted by atomic mass is 16.5. The van der Waals surface area contributed by atoms with Crippen LogP contribution in [0.3, 0.4) is 0 Å². The average Bonchev–Trinajstić information content (AvgIpc) is 3.78. The van der Waals surface area contributed by atoms with Crippen LogP contribution >= 0.6 is 0 Å². The number of carbonyl (C=O) groups excluding carboxylic acids is 5. The third-order valence-corrected chi connectivity index (χ3v) is 15.7. The van der Waals surface area contributed by atoms with Gasteiger partial charge in [-0.2, -0.15) is 5.26 Å². The van der Waals surface area contributed by atoms with Crippen molar-refractivity contribution in [2.24, 2.45) is 21.7 Å². The molecule has 6 fully saturated rings. The van der Waals surface area contributed by atoms with Crippen LogP contribution in [0, 0.1) is 39.9 Å². The van der Waals surface area contributed by atoms with Crippen molar-refractivity contribution < 1.29 is 28.7 Å². The van der Waals surface area contributed by atoms with Crippen molar-refractivity contribution >= 4 is 29.5 Å². The lowest BCUT2D eigenvalue weighted by molar-refractivity contribution is -0.181. The number of carbonyl (C=O) groups is 5. The number of likely N-dealkylation sites (tertiary alicyclic amines) is 1. The van der Waals surface area contributed by atoms with Crippen LogP contribution in [0.5, 0.6) is 5.75 Å². The van der Waals surface area contributed by atoms with Gasteiger partial charge in [0, 0.05) is 78.5 Å². The van der Waals surface area contributed by atoms with Crippen molar-refractivity contribution in [3.8, 4) is 11.8 Å². The summed E-state index contributed by atoms with van der Waals surface area (Å²) in [7, 11) is 0. The fraction of sp³-hybridized carbons (Fsp3) is 0.609. The number of ether oxygens (including phenoxy) is 1. The van der Waals surface area contributed by atoms with Gasteiger partial charge in [0.05, 0.1) is 11.6 Å². The number of nitriles is 1. The molecule has 2 N–H and O–H groups in total. The minimum absolute atomic E-state index is 0.0648. The smallest absolute Gasteiger partial charge is 0.255 e. The van der Waals surface area contributed by atoms with E-state index in [0.717, 1.165) is 100.0 Å². The summed E-state index contributed by atoms with van der Waals surface area (Å²) in [6, 6.07) is 11.6. The Bertz CT molecular complexity index is 2120. The molecule has 58 heavy (non-hydrogen) atoms. The van der Waals surface area contributed by atoms with E-state index in [1.807, 2.05) is 25.1 Å². The summed E-state index contributed by atoms with van der Waals surface area (Å²) in [5.74, 6) is 0.329. The maximum Gasteiger partial charge on any atom is 0.255 e. The number of piperidine rings is 2. The maximum absolute atomic E-state index is 14.3.